The number of hydrogen-bond donors (Lipinski definition) is 0. The summed E-state index contributed by atoms with van der Waals surface area (Å²) in [6, 6.07) is 3.91. The van der Waals surface area contributed by atoms with Crippen molar-refractivity contribution in [2.24, 2.45) is 5.92 Å². The summed E-state index contributed by atoms with van der Waals surface area (Å²) < 4.78 is 13.5. The SMILES string of the molecule is F/C(=C\c1cccs1)C1CCCC1. The molecule has 0 unspecified atom stereocenters. The van der Waals surface area contributed by atoms with Gasteiger partial charge in [0.05, 0.1) is 0 Å². The fraction of sp³-hybridized carbons (Fsp3) is 0.455. The molecule has 0 nitrogen and oxygen atoms in total. The summed E-state index contributed by atoms with van der Waals surface area (Å²) in [7, 11) is 0. The predicted molar refractivity (Wildman–Crippen MR) is 55.4 cm³/mol. The molecule has 2 rings (SSSR count). The van der Waals surface area contributed by atoms with E-state index in [1.165, 1.54) is 12.8 Å². The lowest BCUT2D eigenvalue weighted by Crippen LogP contribution is -1.92. The minimum atomic E-state index is 0.0833. The molecule has 70 valence electrons. The van der Waals surface area contributed by atoms with Gasteiger partial charge in [0.15, 0.2) is 0 Å². The van der Waals surface area contributed by atoms with Crippen LogP contribution >= 0.6 is 11.3 Å². The van der Waals surface area contributed by atoms with Crippen molar-refractivity contribution in [1.29, 1.82) is 0 Å². The zero-order valence-corrected chi connectivity index (χ0v) is 8.32. The second-order valence-electron chi connectivity index (χ2n) is 3.53. The number of rotatable bonds is 2. The van der Waals surface area contributed by atoms with Crippen LogP contribution in [0.4, 0.5) is 4.39 Å². The van der Waals surface area contributed by atoms with Gasteiger partial charge in [-0.2, -0.15) is 0 Å². The van der Waals surface area contributed by atoms with Crippen molar-refractivity contribution in [2.75, 3.05) is 0 Å². The quantitative estimate of drug-likeness (QED) is 0.663. The van der Waals surface area contributed by atoms with Crippen LogP contribution in [-0.2, 0) is 0 Å². The summed E-state index contributed by atoms with van der Waals surface area (Å²) in [6.45, 7) is 0. The lowest BCUT2D eigenvalue weighted by Gasteiger charge is -2.04. The Bertz CT molecular complexity index is 281. The molecule has 1 aromatic rings. The van der Waals surface area contributed by atoms with E-state index in [1.54, 1.807) is 17.4 Å². The number of thiophene rings is 1. The van der Waals surface area contributed by atoms with E-state index in [4.69, 9.17) is 0 Å². The van der Waals surface area contributed by atoms with Crippen LogP contribution in [0.25, 0.3) is 6.08 Å². The van der Waals surface area contributed by atoms with Crippen LogP contribution in [0, 0.1) is 5.92 Å². The second kappa shape index (κ2) is 4.05. The molecule has 0 bridgehead atoms. The van der Waals surface area contributed by atoms with Crippen molar-refractivity contribution in [3.05, 3.63) is 28.2 Å². The minimum Gasteiger partial charge on any atom is -0.211 e. The van der Waals surface area contributed by atoms with Crippen molar-refractivity contribution in [3.8, 4) is 0 Å². The molecule has 1 fully saturated rings. The van der Waals surface area contributed by atoms with Gasteiger partial charge in [-0.25, -0.2) is 4.39 Å². The maximum absolute atomic E-state index is 13.5. The van der Waals surface area contributed by atoms with E-state index in [0.717, 1.165) is 17.7 Å². The van der Waals surface area contributed by atoms with Crippen LogP contribution in [-0.4, -0.2) is 0 Å². The molecule has 0 saturated heterocycles. The summed E-state index contributed by atoms with van der Waals surface area (Å²) >= 11 is 1.59. The van der Waals surface area contributed by atoms with Crippen LogP contribution in [0.3, 0.4) is 0 Å². The predicted octanol–water partition coefficient (Wildman–Crippen LogP) is 4.25. The zero-order chi connectivity index (χ0) is 9.10. The molecular weight excluding hydrogens is 183 g/mol. The first-order chi connectivity index (χ1) is 6.36. The summed E-state index contributed by atoms with van der Waals surface area (Å²) in [5.41, 5.74) is 0. The van der Waals surface area contributed by atoms with Crippen molar-refractivity contribution in [1.82, 2.24) is 0 Å². The number of allylic oxidation sites excluding steroid dienone is 1. The normalized spacial score (nSPS) is 19.6. The van der Waals surface area contributed by atoms with Gasteiger partial charge in [0.1, 0.15) is 5.83 Å². The molecule has 0 atom stereocenters. The van der Waals surface area contributed by atoms with Crippen LogP contribution in [0.1, 0.15) is 30.6 Å². The van der Waals surface area contributed by atoms with Crippen LogP contribution in [0.15, 0.2) is 23.3 Å². The van der Waals surface area contributed by atoms with E-state index in [0.29, 0.717) is 0 Å². The molecule has 0 aliphatic heterocycles. The van der Waals surface area contributed by atoms with Gasteiger partial charge in [-0.15, -0.1) is 11.3 Å². The molecule has 0 radical (unpaired) electrons. The van der Waals surface area contributed by atoms with E-state index in [1.807, 2.05) is 17.5 Å². The highest BCUT2D eigenvalue weighted by Crippen LogP contribution is 2.33. The molecule has 0 N–H and O–H groups in total. The number of hydrogen-bond acceptors (Lipinski definition) is 1. The van der Waals surface area contributed by atoms with Gasteiger partial charge in [0.2, 0.25) is 0 Å². The molecule has 1 saturated carbocycles. The van der Waals surface area contributed by atoms with E-state index in [9.17, 15) is 4.39 Å². The van der Waals surface area contributed by atoms with Crippen molar-refractivity contribution in [2.45, 2.75) is 25.7 Å². The van der Waals surface area contributed by atoms with E-state index in [2.05, 4.69) is 0 Å². The lowest BCUT2D eigenvalue weighted by atomic mass is 10.1. The van der Waals surface area contributed by atoms with Gasteiger partial charge >= 0.3 is 0 Å². The van der Waals surface area contributed by atoms with Gasteiger partial charge in [-0.1, -0.05) is 18.9 Å². The molecule has 1 aromatic heterocycles. The molecule has 1 aliphatic carbocycles. The molecule has 0 amide bonds. The highest BCUT2D eigenvalue weighted by atomic mass is 32.1. The molecular formula is C11H13FS. The van der Waals surface area contributed by atoms with Crippen LogP contribution in [0.5, 0.6) is 0 Å². The second-order valence-corrected chi connectivity index (χ2v) is 4.51. The summed E-state index contributed by atoms with van der Waals surface area (Å²) in [5.74, 6) is 0.294. The lowest BCUT2D eigenvalue weighted by molar-refractivity contribution is 0.481. The van der Waals surface area contributed by atoms with Crippen molar-refractivity contribution >= 4 is 17.4 Å². The maximum atomic E-state index is 13.5. The Morgan fingerprint density at radius 3 is 2.85 bits per heavy atom. The molecule has 1 aliphatic rings. The third-order valence-electron chi connectivity index (χ3n) is 2.57. The van der Waals surface area contributed by atoms with Gasteiger partial charge in [0, 0.05) is 10.8 Å². The van der Waals surface area contributed by atoms with Crippen LogP contribution in [0.2, 0.25) is 0 Å². The highest BCUT2D eigenvalue weighted by Gasteiger charge is 2.19. The first-order valence-electron chi connectivity index (χ1n) is 4.77. The summed E-state index contributed by atoms with van der Waals surface area (Å²) in [4.78, 5) is 1.03. The first-order valence-corrected chi connectivity index (χ1v) is 5.65. The molecule has 2 heteroatoms. The Kier molecular flexibility index (Phi) is 2.79. The van der Waals surface area contributed by atoms with Gasteiger partial charge in [-0.05, 0) is 30.4 Å². The Balaban J connectivity index is 2.07. The third-order valence-corrected chi connectivity index (χ3v) is 3.39. The smallest absolute Gasteiger partial charge is 0.104 e. The monoisotopic (exact) mass is 196 g/mol. The summed E-state index contributed by atoms with van der Waals surface area (Å²) in [6.07, 6.45) is 6.15. The molecule has 13 heavy (non-hydrogen) atoms. The van der Waals surface area contributed by atoms with E-state index < -0.39 is 0 Å². The van der Waals surface area contributed by atoms with Crippen LogP contribution < -0.4 is 0 Å². The highest BCUT2D eigenvalue weighted by molar-refractivity contribution is 7.10. The summed E-state index contributed by atoms with van der Waals surface area (Å²) in [5, 5.41) is 1.98. The van der Waals surface area contributed by atoms with Crippen molar-refractivity contribution in [3.63, 3.8) is 0 Å². The Labute approximate surface area is 82.1 Å². The van der Waals surface area contributed by atoms with E-state index in [-0.39, 0.29) is 11.7 Å². The molecule has 0 spiro atoms. The Morgan fingerprint density at radius 1 is 1.46 bits per heavy atom. The Hall–Kier alpha value is -0.630. The number of halogens is 1. The average Bonchev–Trinajstić information content (AvgIpc) is 2.74. The van der Waals surface area contributed by atoms with Gasteiger partial charge in [-0.3, -0.25) is 0 Å². The van der Waals surface area contributed by atoms with E-state index >= 15 is 0 Å². The maximum Gasteiger partial charge on any atom is 0.104 e. The fourth-order valence-corrected chi connectivity index (χ4v) is 2.48. The first kappa shape index (κ1) is 8.95. The minimum absolute atomic E-state index is 0.0833. The molecule has 1 heterocycles. The molecule has 0 aromatic carbocycles. The fourth-order valence-electron chi connectivity index (χ4n) is 1.83. The van der Waals surface area contributed by atoms with Gasteiger partial charge in [0.25, 0.3) is 0 Å². The average molecular weight is 196 g/mol. The zero-order valence-electron chi connectivity index (χ0n) is 7.50. The third kappa shape index (κ3) is 2.19. The Morgan fingerprint density at radius 2 is 2.23 bits per heavy atom. The van der Waals surface area contributed by atoms with Crippen molar-refractivity contribution < 1.29 is 4.39 Å². The van der Waals surface area contributed by atoms with Gasteiger partial charge < -0.3 is 0 Å². The largest absolute Gasteiger partial charge is 0.211 e. The topological polar surface area (TPSA) is 0 Å². The standard InChI is InChI=1S/C11H13FS/c12-11(9-4-1-2-5-9)8-10-6-3-7-13-10/h3,6-9H,1-2,4-5H2/b11-8-.